The smallest absolute Gasteiger partial charge is 0.216 e. The molecular formula is C24H28Cl2N4O2. The van der Waals surface area contributed by atoms with Crippen molar-refractivity contribution in [2.75, 3.05) is 32.8 Å². The molecule has 2 aromatic heterocycles. The van der Waals surface area contributed by atoms with Gasteiger partial charge in [0, 0.05) is 38.2 Å². The van der Waals surface area contributed by atoms with E-state index < -0.39 is 0 Å². The quantitative estimate of drug-likeness (QED) is 0.379. The zero-order valence-electron chi connectivity index (χ0n) is 18.1. The number of aromatic nitrogens is 3. The SMILES string of the molecule is CCC(=O)c1c(-c2ccccc2)nc2n(CCN3CCOCC3)c3ccccc3n12.Cl.Cl. The molecule has 0 unspecified atom stereocenters. The standard InChI is InChI=1S/C24H26N4O2.2ClH/c1-2-21(29)23-22(18-8-4-3-5-9-18)25-24-27(13-12-26-14-16-30-17-15-26)19-10-6-7-11-20(19)28(23)24;;/h3-11H,2,12-17H2,1H3;2*1H. The van der Waals surface area contributed by atoms with Crippen LogP contribution in [0.2, 0.25) is 0 Å². The van der Waals surface area contributed by atoms with Gasteiger partial charge in [0.2, 0.25) is 5.78 Å². The highest BCUT2D eigenvalue weighted by molar-refractivity contribution is 6.03. The molecule has 8 heteroatoms. The molecule has 170 valence electrons. The number of Topliss-reactive ketones (excluding diaryl/α,β-unsaturated/α-hetero) is 1. The van der Waals surface area contributed by atoms with Gasteiger partial charge in [-0.2, -0.15) is 0 Å². The van der Waals surface area contributed by atoms with Crippen LogP contribution in [-0.2, 0) is 11.3 Å². The summed E-state index contributed by atoms with van der Waals surface area (Å²) in [6, 6.07) is 18.3. The Bertz CT molecular complexity index is 1200. The highest BCUT2D eigenvalue weighted by Gasteiger charge is 2.24. The summed E-state index contributed by atoms with van der Waals surface area (Å²) in [5.74, 6) is 0.942. The number of carbonyl (C=O) groups is 1. The van der Waals surface area contributed by atoms with Crippen molar-refractivity contribution >= 4 is 47.4 Å². The Morgan fingerprint density at radius 2 is 1.59 bits per heavy atom. The van der Waals surface area contributed by atoms with E-state index >= 15 is 0 Å². The lowest BCUT2D eigenvalue weighted by Crippen LogP contribution is -2.38. The molecule has 32 heavy (non-hydrogen) atoms. The van der Waals surface area contributed by atoms with Crippen LogP contribution in [0.1, 0.15) is 23.8 Å². The Labute approximate surface area is 200 Å². The molecule has 0 bridgehead atoms. The Morgan fingerprint density at radius 3 is 2.28 bits per heavy atom. The molecule has 5 rings (SSSR count). The molecule has 1 fully saturated rings. The third-order valence-electron chi connectivity index (χ3n) is 5.89. The van der Waals surface area contributed by atoms with Crippen molar-refractivity contribution in [1.29, 1.82) is 0 Å². The normalized spacial score (nSPS) is 14.3. The Balaban J connectivity index is 0.00000144. The van der Waals surface area contributed by atoms with Gasteiger partial charge in [-0.05, 0) is 12.1 Å². The lowest BCUT2D eigenvalue weighted by atomic mass is 10.1. The average molecular weight is 475 g/mol. The highest BCUT2D eigenvalue weighted by Crippen LogP contribution is 2.30. The van der Waals surface area contributed by atoms with Crippen molar-refractivity contribution in [3.63, 3.8) is 0 Å². The molecular weight excluding hydrogens is 447 g/mol. The van der Waals surface area contributed by atoms with Gasteiger partial charge < -0.3 is 9.30 Å². The number of hydrogen-bond acceptors (Lipinski definition) is 4. The third-order valence-corrected chi connectivity index (χ3v) is 5.89. The number of carbonyl (C=O) groups excluding carboxylic acids is 1. The first kappa shape index (κ1) is 24.3. The molecule has 0 radical (unpaired) electrons. The van der Waals surface area contributed by atoms with Crippen LogP contribution >= 0.6 is 24.8 Å². The summed E-state index contributed by atoms with van der Waals surface area (Å²) in [6.07, 6.45) is 0.445. The van der Waals surface area contributed by atoms with Crippen molar-refractivity contribution in [3.05, 3.63) is 60.3 Å². The fourth-order valence-electron chi connectivity index (χ4n) is 4.32. The van der Waals surface area contributed by atoms with E-state index in [1.54, 1.807) is 0 Å². The van der Waals surface area contributed by atoms with Crippen molar-refractivity contribution < 1.29 is 9.53 Å². The monoisotopic (exact) mass is 474 g/mol. The van der Waals surface area contributed by atoms with Crippen LogP contribution in [0.3, 0.4) is 0 Å². The molecule has 0 N–H and O–H groups in total. The molecule has 1 aliphatic heterocycles. The molecule has 0 aliphatic carbocycles. The first-order valence-electron chi connectivity index (χ1n) is 10.7. The van der Waals surface area contributed by atoms with Crippen LogP contribution < -0.4 is 0 Å². The van der Waals surface area contributed by atoms with Gasteiger partial charge in [-0.3, -0.25) is 14.1 Å². The Hall–Kier alpha value is -2.38. The molecule has 2 aromatic carbocycles. The second kappa shape index (κ2) is 10.5. The zero-order chi connectivity index (χ0) is 20.5. The molecule has 0 saturated carbocycles. The largest absolute Gasteiger partial charge is 0.379 e. The van der Waals surface area contributed by atoms with E-state index in [0.29, 0.717) is 12.1 Å². The fraction of sp³-hybridized carbons (Fsp3) is 0.333. The lowest BCUT2D eigenvalue weighted by molar-refractivity contribution is 0.0366. The van der Waals surface area contributed by atoms with Gasteiger partial charge in [0.05, 0.1) is 24.2 Å². The van der Waals surface area contributed by atoms with Gasteiger partial charge in [0.25, 0.3) is 0 Å². The number of hydrogen-bond donors (Lipinski definition) is 0. The van der Waals surface area contributed by atoms with Crippen LogP contribution in [0.25, 0.3) is 28.1 Å². The number of imidazole rings is 2. The first-order chi connectivity index (χ1) is 14.8. The molecule has 0 atom stereocenters. The van der Waals surface area contributed by atoms with E-state index in [2.05, 4.69) is 26.0 Å². The predicted molar refractivity (Wildman–Crippen MR) is 133 cm³/mol. The van der Waals surface area contributed by atoms with Crippen LogP contribution in [0.4, 0.5) is 0 Å². The van der Waals surface area contributed by atoms with Gasteiger partial charge in [0.1, 0.15) is 11.4 Å². The molecule has 0 spiro atoms. The minimum atomic E-state index is 0. The number of benzene rings is 2. The van der Waals surface area contributed by atoms with E-state index in [0.717, 1.165) is 67.5 Å². The second-order valence-corrected chi connectivity index (χ2v) is 7.68. The van der Waals surface area contributed by atoms with Crippen molar-refractivity contribution in [3.8, 4) is 11.3 Å². The maximum Gasteiger partial charge on any atom is 0.216 e. The summed E-state index contributed by atoms with van der Waals surface area (Å²) in [6.45, 7) is 7.16. The van der Waals surface area contributed by atoms with Crippen LogP contribution in [0, 0.1) is 0 Å². The van der Waals surface area contributed by atoms with E-state index in [9.17, 15) is 4.79 Å². The summed E-state index contributed by atoms with van der Waals surface area (Å²) >= 11 is 0. The molecule has 0 amide bonds. The molecule has 6 nitrogen and oxygen atoms in total. The molecule has 4 aromatic rings. The maximum absolute atomic E-state index is 13.0. The topological polar surface area (TPSA) is 51.8 Å². The number of halogens is 2. The van der Waals surface area contributed by atoms with E-state index in [4.69, 9.17) is 9.72 Å². The Morgan fingerprint density at radius 1 is 0.938 bits per heavy atom. The van der Waals surface area contributed by atoms with Crippen LogP contribution in [-0.4, -0.2) is 57.5 Å². The number of ketones is 1. The summed E-state index contributed by atoms with van der Waals surface area (Å²) in [7, 11) is 0. The van der Waals surface area contributed by atoms with Crippen molar-refractivity contribution in [1.82, 2.24) is 18.9 Å². The second-order valence-electron chi connectivity index (χ2n) is 7.68. The molecule has 1 aliphatic rings. The first-order valence-corrected chi connectivity index (χ1v) is 10.7. The van der Waals surface area contributed by atoms with Crippen LogP contribution in [0.15, 0.2) is 54.6 Å². The third kappa shape index (κ3) is 4.28. The number of fused-ring (bicyclic) bond motifs is 3. The van der Waals surface area contributed by atoms with E-state index in [1.165, 1.54) is 0 Å². The van der Waals surface area contributed by atoms with Gasteiger partial charge in [0.15, 0.2) is 5.78 Å². The zero-order valence-corrected chi connectivity index (χ0v) is 19.7. The van der Waals surface area contributed by atoms with Crippen LogP contribution in [0.5, 0.6) is 0 Å². The minimum Gasteiger partial charge on any atom is -0.379 e. The maximum atomic E-state index is 13.0. The average Bonchev–Trinajstić information content (AvgIpc) is 3.34. The van der Waals surface area contributed by atoms with Gasteiger partial charge in [-0.1, -0.05) is 49.4 Å². The number of nitrogens with zero attached hydrogens (tertiary/aromatic N) is 4. The van der Waals surface area contributed by atoms with Gasteiger partial charge >= 0.3 is 0 Å². The Kier molecular flexibility index (Phi) is 7.96. The summed E-state index contributed by atoms with van der Waals surface area (Å²) < 4.78 is 9.79. The summed E-state index contributed by atoms with van der Waals surface area (Å²) in [5, 5.41) is 0. The molecule has 3 heterocycles. The van der Waals surface area contributed by atoms with Gasteiger partial charge in [-0.15, -0.1) is 24.8 Å². The summed E-state index contributed by atoms with van der Waals surface area (Å²) in [5.41, 5.74) is 4.56. The fourth-order valence-corrected chi connectivity index (χ4v) is 4.32. The number of morpholine rings is 1. The molecule has 1 saturated heterocycles. The highest BCUT2D eigenvalue weighted by atomic mass is 35.5. The number of ether oxygens (including phenoxy) is 1. The van der Waals surface area contributed by atoms with Crippen molar-refractivity contribution in [2.45, 2.75) is 19.9 Å². The number of para-hydroxylation sites is 2. The van der Waals surface area contributed by atoms with E-state index in [1.807, 2.05) is 49.4 Å². The lowest BCUT2D eigenvalue weighted by Gasteiger charge is -2.26. The van der Waals surface area contributed by atoms with Crippen molar-refractivity contribution in [2.24, 2.45) is 0 Å². The predicted octanol–water partition coefficient (Wildman–Crippen LogP) is 4.72. The van der Waals surface area contributed by atoms with Gasteiger partial charge in [-0.25, -0.2) is 4.98 Å². The number of rotatable bonds is 6. The summed E-state index contributed by atoms with van der Waals surface area (Å²) in [4.78, 5) is 20.5. The van der Waals surface area contributed by atoms with E-state index in [-0.39, 0.29) is 30.6 Å². The minimum absolute atomic E-state index is 0.